The number of benzene rings is 1. The maximum Gasteiger partial charge on any atom is 0.161 e. The highest BCUT2D eigenvalue weighted by Crippen LogP contribution is 2.33. The highest BCUT2D eigenvalue weighted by atomic mass is 16.5. The summed E-state index contributed by atoms with van der Waals surface area (Å²) < 4.78 is 10.9. The molecule has 1 aliphatic heterocycles. The van der Waals surface area contributed by atoms with Crippen LogP contribution in [0.15, 0.2) is 12.1 Å². The molecule has 1 aromatic carbocycles. The Hall–Kier alpha value is -1.22. The van der Waals surface area contributed by atoms with Crippen molar-refractivity contribution in [3.63, 3.8) is 0 Å². The first kappa shape index (κ1) is 27.0. The first-order valence-electron chi connectivity index (χ1n) is 13.7. The van der Waals surface area contributed by atoms with E-state index in [1.54, 1.807) is 14.2 Å². The second kappa shape index (κ2) is 17.3. The topological polar surface area (TPSA) is 21.7 Å². The van der Waals surface area contributed by atoms with E-state index in [1.165, 1.54) is 127 Å². The van der Waals surface area contributed by atoms with Crippen LogP contribution in [0.1, 0.15) is 121 Å². The second-order valence-corrected chi connectivity index (χ2v) is 9.81. The van der Waals surface area contributed by atoms with Crippen molar-refractivity contribution in [2.75, 3.05) is 27.3 Å². The van der Waals surface area contributed by atoms with E-state index >= 15 is 0 Å². The van der Waals surface area contributed by atoms with Crippen molar-refractivity contribution in [3.8, 4) is 11.5 Å². The third-order valence-electron chi connectivity index (χ3n) is 7.13. The van der Waals surface area contributed by atoms with Gasteiger partial charge in [0.25, 0.3) is 0 Å². The fraction of sp³-hybridized carbons (Fsp3) is 0.793. The summed E-state index contributed by atoms with van der Waals surface area (Å²) in [6.07, 6.45) is 24.0. The van der Waals surface area contributed by atoms with Crippen molar-refractivity contribution in [3.05, 3.63) is 23.3 Å². The van der Waals surface area contributed by atoms with E-state index in [2.05, 4.69) is 24.0 Å². The van der Waals surface area contributed by atoms with Crippen molar-refractivity contribution in [1.82, 2.24) is 4.90 Å². The van der Waals surface area contributed by atoms with E-state index < -0.39 is 0 Å². The minimum atomic E-state index is 0.857. The van der Waals surface area contributed by atoms with Crippen LogP contribution in [0.4, 0.5) is 0 Å². The van der Waals surface area contributed by atoms with E-state index in [0.29, 0.717) is 0 Å². The number of hydrogen-bond acceptors (Lipinski definition) is 3. The number of hydrogen-bond donors (Lipinski definition) is 0. The molecule has 0 fully saturated rings. The van der Waals surface area contributed by atoms with Gasteiger partial charge in [0.15, 0.2) is 11.5 Å². The Labute approximate surface area is 199 Å². The van der Waals surface area contributed by atoms with Crippen LogP contribution in [0.2, 0.25) is 0 Å². The normalized spacial score (nSPS) is 13.8. The largest absolute Gasteiger partial charge is 0.493 e. The van der Waals surface area contributed by atoms with E-state index in [-0.39, 0.29) is 0 Å². The van der Waals surface area contributed by atoms with Crippen LogP contribution >= 0.6 is 0 Å². The summed E-state index contributed by atoms with van der Waals surface area (Å²) in [5.74, 6) is 1.72. The molecule has 0 spiro atoms. The van der Waals surface area contributed by atoms with Gasteiger partial charge in [-0.05, 0) is 42.6 Å². The Morgan fingerprint density at radius 1 is 0.625 bits per heavy atom. The minimum Gasteiger partial charge on any atom is -0.493 e. The molecule has 0 saturated heterocycles. The lowest BCUT2D eigenvalue weighted by atomic mass is 9.98. The number of nitrogens with zero attached hydrogens (tertiary/aromatic N) is 1. The molecule has 0 saturated carbocycles. The fourth-order valence-corrected chi connectivity index (χ4v) is 5.02. The van der Waals surface area contributed by atoms with Crippen molar-refractivity contribution >= 4 is 0 Å². The first-order chi connectivity index (χ1) is 15.8. The average molecular weight is 446 g/mol. The van der Waals surface area contributed by atoms with Gasteiger partial charge in [-0.3, -0.25) is 4.90 Å². The number of ether oxygens (including phenoxy) is 2. The number of unbranched alkanes of at least 4 members (excludes halogenated alkanes) is 15. The van der Waals surface area contributed by atoms with Crippen molar-refractivity contribution in [2.45, 2.75) is 123 Å². The molecule has 1 aliphatic rings. The van der Waals surface area contributed by atoms with Crippen molar-refractivity contribution < 1.29 is 9.47 Å². The molecule has 0 aromatic heterocycles. The van der Waals surface area contributed by atoms with Crippen LogP contribution in [0.3, 0.4) is 0 Å². The van der Waals surface area contributed by atoms with Crippen LogP contribution in [0.25, 0.3) is 0 Å². The zero-order chi connectivity index (χ0) is 22.9. The third-order valence-corrected chi connectivity index (χ3v) is 7.13. The maximum atomic E-state index is 5.49. The highest BCUT2D eigenvalue weighted by Gasteiger charge is 2.19. The summed E-state index contributed by atoms with van der Waals surface area (Å²) in [7, 11) is 3.44. The van der Waals surface area contributed by atoms with Gasteiger partial charge in [0.05, 0.1) is 14.2 Å². The van der Waals surface area contributed by atoms with Crippen molar-refractivity contribution in [2.24, 2.45) is 0 Å². The van der Waals surface area contributed by atoms with Crippen LogP contribution in [0, 0.1) is 0 Å². The molecule has 0 unspecified atom stereocenters. The van der Waals surface area contributed by atoms with Gasteiger partial charge in [0.2, 0.25) is 0 Å². The molecule has 0 bridgehead atoms. The molecule has 0 amide bonds. The van der Waals surface area contributed by atoms with E-state index in [0.717, 1.165) is 24.5 Å². The van der Waals surface area contributed by atoms with E-state index in [1.807, 2.05) is 0 Å². The molecule has 1 heterocycles. The molecule has 0 radical (unpaired) electrons. The Kier molecular flexibility index (Phi) is 14.6. The highest BCUT2D eigenvalue weighted by molar-refractivity contribution is 5.48. The molecular formula is C29H51NO2. The van der Waals surface area contributed by atoms with E-state index in [9.17, 15) is 0 Å². The predicted octanol–water partition coefficient (Wildman–Crippen LogP) is 8.32. The number of methoxy groups -OCH3 is 2. The molecule has 3 heteroatoms. The molecule has 32 heavy (non-hydrogen) atoms. The van der Waals surface area contributed by atoms with Gasteiger partial charge in [-0.15, -0.1) is 0 Å². The molecule has 0 atom stereocenters. The number of rotatable bonds is 19. The molecule has 0 N–H and O–H groups in total. The number of fused-ring (bicyclic) bond motifs is 1. The standard InChI is InChI=1S/C29H51NO2/c1-4-5-6-7-8-9-10-11-12-13-14-15-16-17-18-19-21-30-22-20-26-23-28(31-2)29(32-3)24-27(26)25-30/h23-24H,4-22,25H2,1-3H3. The summed E-state index contributed by atoms with van der Waals surface area (Å²) in [5.41, 5.74) is 2.83. The Morgan fingerprint density at radius 2 is 1.06 bits per heavy atom. The summed E-state index contributed by atoms with van der Waals surface area (Å²) in [4.78, 5) is 2.61. The van der Waals surface area contributed by atoms with Gasteiger partial charge in [-0.2, -0.15) is 0 Å². The maximum absolute atomic E-state index is 5.49. The van der Waals surface area contributed by atoms with Crippen molar-refractivity contribution in [1.29, 1.82) is 0 Å². The van der Waals surface area contributed by atoms with Gasteiger partial charge in [0.1, 0.15) is 0 Å². The molecule has 3 nitrogen and oxygen atoms in total. The van der Waals surface area contributed by atoms with Gasteiger partial charge >= 0.3 is 0 Å². The molecule has 1 aromatic rings. The molecule has 184 valence electrons. The molecule has 0 aliphatic carbocycles. The lowest BCUT2D eigenvalue weighted by molar-refractivity contribution is 0.246. The summed E-state index contributed by atoms with van der Waals surface area (Å²) in [6.45, 7) is 5.74. The monoisotopic (exact) mass is 445 g/mol. The van der Waals surface area contributed by atoms with Gasteiger partial charge < -0.3 is 9.47 Å². The van der Waals surface area contributed by atoms with Crippen LogP contribution in [0.5, 0.6) is 11.5 Å². The molecule has 2 rings (SSSR count). The summed E-state index contributed by atoms with van der Waals surface area (Å²) in [5, 5.41) is 0. The molecular weight excluding hydrogens is 394 g/mol. The lowest BCUT2D eigenvalue weighted by Gasteiger charge is -2.29. The smallest absolute Gasteiger partial charge is 0.161 e. The van der Waals surface area contributed by atoms with Gasteiger partial charge in [-0.1, -0.05) is 103 Å². The minimum absolute atomic E-state index is 0.857. The Balaban J connectivity index is 1.41. The quantitative estimate of drug-likeness (QED) is 0.200. The Bertz CT molecular complexity index is 601. The SMILES string of the molecule is CCCCCCCCCCCCCCCCCCN1CCc2cc(OC)c(OC)cc2C1. The summed E-state index contributed by atoms with van der Waals surface area (Å²) >= 11 is 0. The fourth-order valence-electron chi connectivity index (χ4n) is 5.02. The average Bonchev–Trinajstić information content (AvgIpc) is 2.82. The lowest BCUT2D eigenvalue weighted by Crippen LogP contribution is -2.31. The third kappa shape index (κ3) is 10.6. The van der Waals surface area contributed by atoms with Gasteiger partial charge in [0, 0.05) is 13.1 Å². The summed E-state index contributed by atoms with van der Waals surface area (Å²) in [6, 6.07) is 4.34. The first-order valence-corrected chi connectivity index (χ1v) is 13.7. The van der Waals surface area contributed by atoms with Crippen LogP contribution in [-0.2, 0) is 13.0 Å². The Morgan fingerprint density at radius 3 is 1.53 bits per heavy atom. The zero-order valence-corrected chi connectivity index (χ0v) is 21.6. The van der Waals surface area contributed by atoms with Crippen LogP contribution < -0.4 is 9.47 Å². The van der Waals surface area contributed by atoms with E-state index in [4.69, 9.17) is 9.47 Å². The van der Waals surface area contributed by atoms with Gasteiger partial charge in [-0.25, -0.2) is 0 Å². The zero-order valence-electron chi connectivity index (χ0n) is 21.6. The predicted molar refractivity (Wildman–Crippen MR) is 138 cm³/mol. The second-order valence-electron chi connectivity index (χ2n) is 9.81. The van der Waals surface area contributed by atoms with Crippen LogP contribution in [-0.4, -0.2) is 32.2 Å².